The minimum atomic E-state index is 0.473. The van der Waals surface area contributed by atoms with Crippen LogP contribution < -0.4 is 20.1 Å². The predicted molar refractivity (Wildman–Crippen MR) is 107 cm³/mol. The van der Waals surface area contributed by atoms with Crippen molar-refractivity contribution in [2.75, 3.05) is 33.9 Å². The second-order valence-corrected chi connectivity index (χ2v) is 6.92. The molecule has 1 aliphatic rings. The van der Waals surface area contributed by atoms with Crippen molar-refractivity contribution >= 4 is 5.96 Å². The SMILES string of the molecule is CCNC(=NCc1ccc(OC)cc1OC)NC1CCN(C(C)C)CC1. The molecule has 0 atom stereocenters. The lowest BCUT2D eigenvalue weighted by Gasteiger charge is -2.35. The van der Waals surface area contributed by atoms with Gasteiger partial charge in [0, 0.05) is 43.3 Å². The molecule has 1 fully saturated rings. The molecule has 146 valence electrons. The van der Waals surface area contributed by atoms with Gasteiger partial charge in [0.25, 0.3) is 0 Å². The van der Waals surface area contributed by atoms with E-state index in [1.54, 1.807) is 14.2 Å². The molecule has 0 amide bonds. The summed E-state index contributed by atoms with van der Waals surface area (Å²) >= 11 is 0. The maximum absolute atomic E-state index is 5.47. The first kappa shape index (κ1) is 20.4. The summed E-state index contributed by atoms with van der Waals surface area (Å²) in [5, 5.41) is 6.95. The first-order valence-electron chi connectivity index (χ1n) is 9.57. The zero-order valence-electron chi connectivity index (χ0n) is 16.8. The van der Waals surface area contributed by atoms with Gasteiger partial charge >= 0.3 is 0 Å². The van der Waals surface area contributed by atoms with E-state index < -0.39 is 0 Å². The van der Waals surface area contributed by atoms with Gasteiger partial charge in [0.2, 0.25) is 0 Å². The van der Waals surface area contributed by atoms with E-state index >= 15 is 0 Å². The van der Waals surface area contributed by atoms with Crippen LogP contribution in [0, 0.1) is 0 Å². The van der Waals surface area contributed by atoms with E-state index in [2.05, 4.69) is 36.3 Å². The van der Waals surface area contributed by atoms with Crippen LogP contribution in [0.1, 0.15) is 39.2 Å². The van der Waals surface area contributed by atoms with Crippen molar-refractivity contribution in [1.82, 2.24) is 15.5 Å². The van der Waals surface area contributed by atoms with Gasteiger partial charge < -0.3 is 25.0 Å². The standard InChI is InChI=1S/C20H34N4O2/c1-6-21-20(23-17-9-11-24(12-10-17)15(2)3)22-14-16-7-8-18(25-4)13-19(16)26-5/h7-8,13,15,17H,6,9-12,14H2,1-5H3,(H2,21,22,23). The number of hydrogen-bond donors (Lipinski definition) is 2. The summed E-state index contributed by atoms with van der Waals surface area (Å²) < 4.78 is 10.7. The van der Waals surface area contributed by atoms with Crippen LogP contribution in [0.25, 0.3) is 0 Å². The van der Waals surface area contributed by atoms with Crippen LogP contribution in [0.3, 0.4) is 0 Å². The van der Waals surface area contributed by atoms with Gasteiger partial charge in [0.15, 0.2) is 5.96 Å². The highest BCUT2D eigenvalue weighted by atomic mass is 16.5. The molecule has 1 saturated heterocycles. The van der Waals surface area contributed by atoms with Gasteiger partial charge in [-0.05, 0) is 45.7 Å². The maximum Gasteiger partial charge on any atom is 0.191 e. The van der Waals surface area contributed by atoms with E-state index in [4.69, 9.17) is 14.5 Å². The largest absolute Gasteiger partial charge is 0.497 e. The maximum atomic E-state index is 5.47. The smallest absolute Gasteiger partial charge is 0.191 e. The van der Waals surface area contributed by atoms with Gasteiger partial charge in [-0.15, -0.1) is 0 Å². The molecule has 0 bridgehead atoms. The first-order valence-corrected chi connectivity index (χ1v) is 9.57. The summed E-state index contributed by atoms with van der Waals surface area (Å²) in [6, 6.07) is 6.94. The Balaban J connectivity index is 1.99. The van der Waals surface area contributed by atoms with Crippen LogP contribution in [0.2, 0.25) is 0 Å². The molecule has 6 heteroatoms. The minimum Gasteiger partial charge on any atom is -0.497 e. The summed E-state index contributed by atoms with van der Waals surface area (Å²) in [6.07, 6.45) is 2.29. The van der Waals surface area contributed by atoms with E-state index in [-0.39, 0.29) is 0 Å². The molecule has 6 nitrogen and oxygen atoms in total. The quantitative estimate of drug-likeness (QED) is 0.577. The molecular formula is C20H34N4O2. The fourth-order valence-electron chi connectivity index (χ4n) is 3.22. The number of nitrogens with one attached hydrogen (secondary N) is 2. The van der Waals surface area contributed by atoms with Crippen molar-refractivity contribution in [2.24, 2.45) is 4.99 Å². The molecule has 2 N–H and O–H groups in total. The molecule has 1 aromatic carbocycles. The predicted octanol–water partition coefficient (Wildman–Crippen LogP) is 2.63. The van der Waals surface area contributed by atoms with Crippen molar-refractivity contribution in [2.45, 2.75) is 52.2 Å². The summed E-state index contributed by atoms with van der Waals surface area (Å²) in [4.78, 5) is 7.29. The average Bonchev–Trinajstić information content (AvgIpc) is 2.66. The number of guanidine groups is 1. The molecule has 0 spiro atoms. The Morgan fingerprint density at radius 3 is 2.54 bits per heavy atom. The zero-order chi connectivity index (χ0) is 18.9. The number of hydrogen-bond acceptors (Lipinski definition) is 4. The third-order valence-electron chi connectivity index (χ3n) is 4.85. The molecule has 1 aliphatic heterocycles. The number of ether oxygens (including phenoxy) is 2. The Morgan fingerprint density at radius 2 is 1.96 bits per heavy atom. The lowest BCUT2D eigenvalue weighted by Crippen LogP contribution is -2.49. The van der Waals surface area contributed by atoms with Crippen LogP contribution in [0.4, 0.5) is 0 Å². The van der Waals surface area contributed by atoms with Crippen molar-refractivity contribution in [3.05, 3.63) is 23.8 Å². The Bertz CT molecular complexity index is 581. The van der Waals surface area contributed by atoms with E-state index in [0.717, 1.165) is 55.5 Å². The van der Waals surface area contributed by atoms with Gasteiger partial charge in [0.1, 0.15) is 11.5 Å². The molecule has 0 saturated carbocycles. The molecule has 1 heterocycles. The Morgan fingerprint density at radius 1 is 1.23 bits per heavy atom. The van der Waals surface area contributed by atoms with Gasteiger partial charge in [-0.2, -0.15) is 0 Å². The van der Waals surface area contributed by atoms with Gasteiger partial charge in [-0.1, -0.05) is 0 Å². The van der Waals surface area contributed by atoms with Gasteiger partial charge in [0.05, 0.1) is 20.8 Å². The van der Waals surface area contributed by atoms with Crippen LogP contribution in [-0.4, -0.2) is 56.8 Å². The third kappa shape index (κ3) is 5.80. The number of aliphatic imine (C=N–C) groups is 1. The fourth-order valence-corrected chi connectivity index (χ4v) is 3.22. The van der Waals surface area contributed by atoms with Crippen molar-refractivity contribution in [1.29, 1.82) is 0 Å². The van der Waals surface area contributed by atoms with Crippen LogP contribution >= 0.6 is 0 Å². The van der Waals surface area contributed by atoms with E-state index in [9.17, 15) is 0 Å². The van der Waals surface area contributed by atoms with Crippen molar-refractivity contribution in [3.63, 3.8) is 0 Å². The highest BCUT2D eigenvalue weighted by molar-refractivity contribution is 5.80. The average molecular weight is 363 g/mol. The topological polar surface area (TPSA) is 58.1 Å². The lowest BCUT2D eigenvalue weighted by atomic mass is 10.0. The fraction of sp³-hybridized carbons (Fsp3) is 0.650. The Labute approximate surface area is 158 Å². The van der Waals surface area contributed by atoms with Gasteiger partial charge in [-0.25, -0.2) is 4.99 Å². The summed E-state index contributed by atoms with van der Waals surface area (Å²) in [5.41, 5.74) is 1.04. The molecule has 0 radical (unpaired) electrons. The van der Waals surface area contributed by atoms with E-state index in [1.807, 2.05) is 18.2 Å². The van der Waals surface area contributed by atoms with Crippen LogP contribution in [-0.2, 0) is 6.54 Å². The first-order chi connectivity index (χ1) is 12.6. The van der Waals surface area contributed by atoms with Crippen LogP contribution in [0.5, 0.6) is 11.5 Å². The number of likely N-dealkylation sites (tertiary alicyclic amines) is 1. The summed E-state index contributed by atoms with van der Waals surface area (Å²) in [7, 11) is 3.33. The number of nitrogens with zero attached hydrogens (tertiary/aromatic N) is 2. The summed E-state index contributed by atoms with van der Waals surface area (Å²) in [5.74, 6) is 2.46. The number of methoxy groups -OCH3 is 2. The molecule has 0 aliphatic carbocycles. The molecule has 26 heavy (non-hydrogen) atoms. The highest BCUT2D eigenvalue weighted by Gasteiger charge is 2.21. The monoisotopic (exact) mass is 362 g/mol. The number of benzene rings is 1. The Kier molecular flexibility index (Phi) is 8.04. The molecule has 0 aromatic heterocycles. The molecule has 1 aromatic rings. The third-order valence-corrected chi connectivity index (χ3v) is 4.85. The zero-order valence-corrected chi connectivity index (χ0v) is 16.8. The number of piperidine rings is 1. The van der Waals surface area contributed by atoms with Gasteiger partial charge in [-0.3, -0.25) is 0 Å². The van der Waals surface area contributed by atoms with E-state index in [0.29, 0.717) is 18.6 Å². The highest BCUT2D eigenvalue weighted by Crippen LogP contribution is 2.25. The van der Waals surface area contributed by atoms with E-state index in [1.165, 1.54) is 0 Å². The van der Waals surface area contributed by atoms with Crippen LogP contribution in [0.15, 0.2) is 23.2 Å². The molecular weight excluding hydrogens is 328 g/mol. The lowest BCUT2D eigenvalue weighted by molar-refractivity contribution is 0.167. The minimum absolute atomic E-state index is 0.473. The van der Waals surface area contributed by atoms with Crippen molar-refractivity contribution < 1.29 is 9.47 Å². The Hall–Kier alpha value is -1.95. The normalized spacial score (nSPS) is 16.6. The second kappa shape index (κ2) is 10.3. The number of rotatable bonds is 7. The molecule has 0 unspecified atom stereocenters. The second-order valence-electron chi connectivity index (χ2n) is 6.92. The van der Waals surface area contributed by atoms with Crippen molar-refractivity contribution in [3.8, 4) is 11.5 Å². The molecule has 2 rings (SSSR count). The summed E-state index contributed by atoms with van der Waals surface area (Å²) in [6.45, 7) is 10.3.